The normalized spacial score (nSPS) is 10.4. The third-order valence-corrected chi connectivity index (χ3v) is 2.63. The van der Waals surface area contributed by atoms with E-state index < -0.39 is 5.97 Å². The van der Waals surface area contributed by atoms with Crippen molar-refractivity contribution in [3.05, 3.63) is 28.2 Å². The van der Waals surface area contributed by atoms with Crippen molar-refractivity contribution in [1.29, 1.82) is 0 Å². The van der Waals surface area contributed by atoms with Crippen LogP contribution >= 0.6 is 15.9 Å². The highest BCUT2D eigenvalue weighted by Gasteiger charge is 2.10. The van der Waals surface area contributed by atoms with Gasteiger partial charge in [0, 0.05) is 10.2 Å². The van der Waals surface area contributed by atoms with E-state index in [1.165, 1.54) is 6.07 Å². The summed E-state index contributed by atoms with van der Waals surface area (Å²) in [6.07, 6.45) is 0. The maximum atomic E-state index is 11.5. The van der Waals surface area contributed by atoms with Gasteiger partial charge in [-0.25, -0.2) is 4.79 Å². The first-order valence-electron chi connectivity index (χ1n) is 4.87. The highest BCUT2D eigenvalue weighted by atomic mass is 79.9. The number of carboxylic acid groups (broad SMARTS) is 1. The lowest BCUT2D eigenvalue weighted by molar-refractivity contribution is -0.116. The summed E-state index contributed by atoms with van der Waals surface area (Å²) >= 11 is 3.14. The van der Waals surface area contributed by atoms with E-state index in [1.54, 1.807) is 31.1 Å². The van der Waals surface area contributed by atoms with Crippen molar-refractivity contribution in [3.63, 3.8) is 0 Å². The Morgan fingerprint density at radius 1 is 1.41 bits per heavy atom. The summed E-state index contributed by atoms with van der Waals surface area (Å²) < 4.78 is 0.482. The molecule has 0 radical (unpaired) electrons. The lowest BCUT2D eigenvalue weighted by atomic mass is 10.2. The quantitative estimate of drug-likeness (QED) is 0.887. The summed E-state index contributed by atoms with van der Waals surface area (Å²) in [5.74, 6) is -1.23. The summed E-state index contributed by atoms with van der Waals surface area (Å²) in [5.41, 5.74) is 0.588. The number of rotatable bonds is 4. The molecule has 0 fully saturated rings. The number of carbonyl (C=O) groups is 2. The van der Waals surface area contributed by atoms with Crippen LogP contribution in [0.4, 0.5) is 5.69 Å². The number of amides is 1. The van der Waals surface area contributed by atoms with Crippen molar-refractivity contribution in [3.8, 4) is 0 Å². The molecule has 5 nitrogen and oxygen atoms in total. The van der Waals surface area contributed by atoms with Crippen molar-refractivity contribution in [1.82, 2.24) is 4.90 Å². The van der Waals surface area contributed by atoms with Crippen LogP contribution in [0.5, 0.6) is 0 Å². The second kappa shape index (κ2) is 5.79. The number of hydrogen-bond donors (Lipinski definition) is 2. The van der Waals surface area contributed by atoms with E-state index in [-0.39, 0.29) is 18.0 Å². The van der Waals surface area contributed by atoms with Crippen molar-refractivity contribution < 1.29 is 14.7 Å². The lowest BCUT2D eigenvalue weighted by Crippen LogP contribution is -2.27. The number of anilines is 1. The Labute approximate surface area is 108 Å². The second-order valence-corrected chi connectivity index (χ2v) is 4.64. The van der Waals surface area contributed by atoms with E-state index >= 15 is 0 Å². The molecule has 0 heterocycles. The van der Waals surface area contributed by atoms with Gasteiger partial charge in [-0.15, -0.1) is 0 Å². The molecule has 0 unspecified atom stereocenters. The van der Waals surface area contributed by atoms with E-state index in [9.17, 15) is 9.59 Å². The molecular formula is C11H13BrN2O3. The van der Waals surface area contributed by atoms with Crippen molar-refractivity contribution in [2.45, 2.75) is 0 Å². The van der Waals surface area contributed by atoms with Crippen LogP contribution in [0.25, 0.3) is 0 Å². The zero-order valence-electron chi connectivity index (χ0n) is 9.53. The smallest absolute Gasteiger partial charge is 0.336 e. The number of nitrogens with zero attached hydrogens (tertiary/aromatic N) is 1. The van der Waals surface area contributed by atoms with Crippen LogP contribution in [0.15, 0.2) is 22.7 Å². The predicted molar refractivity (Wildman–Crippen MR) is 68.3 cm³/mol. The Hall–Kier alpha value is -1.40. The number of nitrogens with one attached hydrogen (secondary N) is 1. The summed E-state index contributed by atoms with van der Waals surface area (Å²) in [6, 6.07) is 4.65. The Bertz CT molecular complexity index is 446. The minimum atomic E-state index is -1.04. The van der Waals surface area contributed by atoms with Crippen molar-refractivity contribution in [2.24, 2.45) is 0 Å². The van der Waals surface area contributed by atoms with Gasteiger partial charge in [0.05, 0.1) is 12.1 Å². The van der Waals surface area contributed by atoms with Gasteiger partial charge in [-0.2, -0.15) is 0 Å². The van der Waals surface area contributed by atoms with Crippen LogP contribution < -0.4 is 5.32 Å². The second-order valence-electron chi connectivity index (χ2n) is 3.79. The van der Waals surface area contributed by atoms with Crippen LogP contribution in [0.2, 0.25) is 0 Å². The lowest BCUT2D eigenvalue weighted by Gasteiger charge is -2.10. The zero-order valence-corrected chi connectivity index (χ0v) is 11.1. The maximum absolute atomic E-state index is 11.5. The maximum Gasteiger partial charge on any atom is 0.336 e. The van der Waals surface area contributed by atoms with E-state index in [0.29, 0.717) is 10.2 Å². The molecule has 1 amide bonds. The molecule has 0 spiro atoms. The topological polar surface area (TPSA) is 69.6 Å². The molecular weight excluding hydrogens is 288 g/mol. The molecule has 1 rings (SSSR count). The van der Waals surface area contributed by atoms with Crippen LogP contribution in [-0.4, -0.2) is 42.5 Å². The largest absolute Gasteiger partial charge is 0.478 e. The molecule has 2 N–H and O–H groups in total. The van der Waals surface area contributed by atoms with Crippen LogP contribution in [0, 0.1) is 0 Å². The standard InChI is InChI=1S/C11H13BrN2O3/c1-14(2)6-10(15)13-7-3-4-9(12)8(5-7)11(16)17/h3-5H,6H2,1-2H3,(H,13,15)(H,16,17). The molecule has 0 saturated carbocycles. The molecule has 0 aliphatic heterocycles. The fourth-order valence-electron chi connectivity index (χ4n) is 1.25. The summed E-state index contributed by atoms with van der Waals surface area (Å²) in [5, 5.41) is 11.5. The van der Waals surface area contributed by atoms with Gasteiger partial charge in [0.25, 0.3) is 0 Å². The molecule has 17 heavy (non-hydrogen) atoms. The van der Waals surface area contributed by atoms with Gasteiger partial charge in [0.1, 0.15) is 0 Å². The Morgan fingerprint density at radius 3 is 2.59 bits per heavy atom. The van der Waals surface area contributed by atoms with Gasteiger partial charge in [-0.3, -0.25) is 4.79 Å². The minimum absolute atomic E-state index is 0.118. The Kier molecular flexibility index (Phi) is 4.65. The highest BCUT2D eigenvalue weighted by Crippen LogP contribution is 2.21. The molecule has 0 atom stereocenters. The molecule has 92 valence electrons. The molecule has 6 heteroatoms. The number of carbonyl (C=O) groups excluding carboxylic acids is 1. The number of hydrogen-bond acceptors (Lipinski definition) is 3. The minimum Gasteiger partial charge on any atom is -0.478 e. The average molecular weight is 301 g/mol. The number of benzene rings is 1. The van der Waals surface area contributed by atoms with Crippen molar-refractivity contribution in [2.75, 3.05) is 26.0 Å². The summed E-state index contributed by atoms with van der Waals surface area (Å²) in [6.45, 7) is 0.248. The Balaban J connectivity index is 2.82. The van der Waals surface area contributed by atoms with Gasteiger partial charge in [0.2, 0.25) is 5.91 Å². The number of halogens is 1. The first-order valence-corrected chi connectivity index (χ1v) is 5.67. The van der Waals surface area contributed by atoms with Gasteiger partial charge in [-0.1, -0.05) is 0 Å². The fourth-order valence-corrected chi connectivity index (χ4v) is 1.67. The van der Waals surface area contributed by atoms with Crippen LogP contribution in [-0.2, 0) is 4.79 Å². The SMILES string of the molecule is CN(C)CC(=O)Nc1ccc(Br)c(C(=O)O)c1. The molecule has 0 aromatic heterocycles. The monoisotopic (exact) mass is 300 g/mol. The number of aromatic carboxylic acids is 1. The van der Waals surface area contributed by atoms with E-state index in [0.717, 1.165) is 0 Å². The van der Waals surface area contributed by atoms with E-state index in [1.807, 2.05) is 0 Å². The molecule has 1 aromatic rings. The third-order valence-electron chi connectivity index (χ3n) is 1.94. The summed E-state index contributed by atoms with van der Waals surface area (Å²) in [7, 11) is 3.56. The number of carboxylic acids is 1. The molecule has 1 aromatic carbocycles. The molecule has 0 saturated heterocycles. The van der Waals surface area contributed by atoms with Crippen molar-refractivity contribution >= 4 is 33.5 Å². The van der Waals surface area contributed by atoms with Gasteiger partial charge in [0.15, 0.2) is 0 Å². The Morgan fingerprint density at radius 2 is 2.06 bits per heavy atom. The van der Waals surface area contributed by atoms with E-state index in [4.69, 9.17) is 5.11 Å². The first-order chi connectivity index (χ1) is 7.90. The average Bonchev–Trinajstić information content (AvgIpc) is 2.19. The molecule has 0 aliphatic rings. The molecule has 0 aliphatic carbocycles. The number of likely N-dealkylation sites (N-methyl/N-ethyl adjacent to an activating group) is 1. The van der Waals surface area contributed by atoms with Crippen LogP contribution in [0.1, 0.15) is 10.4 Å². The summed E-state index contributed by atoms with van der Waals surface area (Å²) in [4.78, 5) is 24.1. The van der Waals surface area contributed by atoms with E-state index in [2.05, 4.69) is 21.2 Å². The van der Waals surface area contributed by atoms with Crippen LogP contribution in [0.3, 0.4) is 0 Å². The highest BCUT2D eigenvalue weighted by molar-refractivity contribution is 9.10. The fraction of sp³-hybridized carbons (Fsp3) is 0.273. The van der Waals surface area contributed by atoms with Gasteiger partial charge < -0.3 is 15.3 Å². The molecule has 0 bridgehead atoms. The third kappa shape index (κ3) is 4.16. The first kappa shape index (κ1) is 13.7. The zero-order chi connectivity index (χ0) is 13.0. The predicted octanol–water partition coefficient (Wildman–Crippen LogP) is 1.65. The van der Waals surface area contributed by atoms with Gasteiger partial charge >= 0.3 is 5.97 Å². The van der Waals surface area contributed by atoms with Gasteiger partial charge in [-0.05, 0) is 48.2 Å².